The fourth-order valence-electron chi connectivity index (χ4n) is 3.48. The standard InChI is InChI=1S/C14H21F3N2/c1-10-4-5-11(8-18)13(7-10)19-6-2-3-12(9-19)14(15,16)17/h10-13H,2-7,9H2,1H3. The molecular weight excluding hydrogens is 253 g/mol. The monoisotopic (exact) mass is 274 g/mol. The summed E-state index contributed by atoms with van der Waals surface area (Å²) in [5.74, 6) is -0.790. The Bertz CT molecular complexity index is 348. The van der Waals surface area contributed by atoms with Gasteiger partial charge in [0, 0.05) is 12.6 Å². The summed E-state index contributed by atoms with van der Waals surface area (Å²) >= 11 is 0. The third kappa shape index (κ3) is 3.42. The molecular formula is C14H21F3N2. The van der Waals surface area contributed by atoms with Crippen LogP contribution >= 0.6 is 0 Å². The molecule has 1 saturated heterocycles. The summed E-state index contributed by atoms with van der Waals surface area (Å²) < 4.78 is 38.5. The predicted molar refractivity (Wildman–Crippen MR) is 66.3 cm³/mol. The highest BCUT2D eigenvalue weighted by atomic mass is 19.4. The molecule has 0 bridgehead atoms. The Morgan fingerprint density at radius 1 is 1.21 bits per heavy atom. The predicted octanol–water partition coefficient (Wildman–Crippen LogP) is 3.59. The van der Waals surface area contributed by atoms with Gasteiger partial charge in [-0.15, -0.1) is 0 Å². The molecule has 0 radical (unpaired) electrons. The van der Waals surface area contributed by atoms with Crippen molar-refractivity contribution >= 4 is 0 Å². The third-order valence-corrected chi connectivity index (χ3v) is 4.63. The first-order valence-corrected chi connectivity index (χ1v) is 7.12. The molecule has 0 amide bonds. The Morgan fingerprint density at radius 2 is 1.95 bits per heavy atom. The molecule has 4 atom stereocenters. The van der Waals surface area contributed by atoms with Crippen LogP contribution in [0.25, 0.3) is 0 Å². The minimum absolute atomic E-state index is 0.0268. The summed E-state index contributed by atoms with van der Waals surface area (Å²) in [4.78, 5) is 1.94. The van der Waals surface area contributed by atoms with Gasteiger partial charge >= 0.3 is 6.18 Å². The second kappa shape index (κ2) is 5.70. The average Bonchev–Trinajstić information content (AvgIpc) is 2.38. The molecule has 5 heteroatoms. The van der Waals surface area contributed by atoms with Crippen molar-refractivity contribution in [1.29, 1.82) is 5.26 Å². The van der Waals surface area contributed by atoms with Gasteiger partial charge in [-0.25, -0.2) is 0 Å². The van der Waals surface area contributed by atoms with E-state index in [2.05, 4.69) is 13.0 Å². The van der Waals surface area contributed by atoms with Crippen molar-refractivity contribution in [3.8, 4) is 6.07 Å². The topological polar surface area (TPSA) is 27.0 Å². The van der Waals surface area contributed by atoms with E-state index >= 15 is 0 Å². The molecule has 2 fully saturated rings. The molecule has 0 aromatic rings. The van der Waals surface area contributed by atoms with Gasteiger partial charge in [-0.2, -0.15) is 18.4 Å². The lowest BCUT2D eigenvalue weighted by Crippen LogP contribution is -2.50. The van der Waals surface area contributed by atoms with Crippen molar-refractivity contribution in [3.05, 3.63) is 0 Å². The van der Waals surface area contributed by atoms with Gasteiger partial charge in [-0.1, -0.05) is 6.92 Å². The molecule has 1 heterocycles. The number of nitriles is 1. The van der Waals surface area contributed by atoms with E-state index in [1.165, 1.54) is 0 Å². The van der Waals surface area contributed by atoms with Crippen LogP contribution in [0.3, 0.4) is 0 Å². The van der Waals surface area contributed by atoms with Crippen molar-refractivity contribution in [1.82, 2.24) is 4.90 Å². The number of likely N-dealkylation sites (tertiary alicyclic amines) is 1. The van der Waals surface area contributed by atoms with Gasteiger partial charge < -0.3 is 0 Å². The van der Waals surface area contributed by atoms with E-state index in [1.807, 2.05) is 4.90 Å². The fraction of sp³-hybridized carbons (Fsp3) is 0.929. The maximum absolute atomic E-state index is 12.8. The fourth-order valence-corrected chi connectivity index (χ4v) is 3.48. The molecule has 108 valence electrons. The Hall–Kier alpha value is -0.760. The van der Waals surface area contributed by atoms with Crippen LogP contribution in [0.5, 0.6) is 0 Å². The maximum Gasteiger partial charge on any atom is 0.393 e. The van der Waals surface area contributed by atoms with Crippen molar-refractivity contribution < 1.29 is 13.2 Å². The van der Waals surface area contributed by atoms with Gasteiger partial charge in [0.05, 0.1) is 17.9 Å². The Kier molecular flexibility index (Phi) is 4.39. The molecule has 0 aromatic carbocycles. The van der Waals surface area contributed by atoms with E-state index in [1.54, 1.807) is 0 Å². The molecule has 1 aliphatic carbocycles. The number of piperidine rings is 1. The van der Waals surface area contributed by atoms with E-state index in [0.29, 0.717) is 18.9 Å². The highest BCUT2D eigenvalue weighted by Gasteiger charge is 2.44. The SMILES string of the molecule is CC1CCC(C#N)C(N2CCCC(C(F)(F)F)C2)C1. The highest BCUT2D eigenvalue weighted by molar-refractivity contribution is 4.98. The lowest BCUT2D eigenvalue weighted by molar-refractivity contribution is -0.189. The van der Waals surface area contributed by atoms with Crippen molar-refractivity contribution in [2.75, 3.05) is 13.1 Å². The van der Waals surface area contributed by atoms with Crippen LogP contribution in [0.2, 0.25) is 0 Å². The molecule has 0 N–H and O–H groups in total. The average molecular weight is 274 g/mol. The quantitative estimate of drug-likeness (QED) is 0.730. The lowest BCUT2D eigenvalue weighted by Gasteiger charge is -2.43. The van der Waals surface area contributed by atoms with Gasteiger partial charge in [0.15, 0.2) is 0 Å². The van der Waals surface area contributed by atoms with E-state index in [-0.39, 0.29) is 24.9 Å². The molecule has 4 unspecified atom stereocenters. The highest BCUT2D eigenvalue weighted by Crippen LogP contribution is 2.38. The van der Waals surface area contributed by atoms with Crippen LogP contribution < -0.4 is 0 Å². The van der Waals surface area contributed by atoms with Crippen LogP contribution in [-0.2, 0) is 0 Å². The molecule has 0 aromatic heterocycles. The number of rotatable bonds is 1. The Balaban J connectivity index is 2.05. The first-order chi connectivity index (χ1) is 8.91. The minimum Gasteiger partial charge on any atom is -0.298 e. The van der Waals surface area contributed by atoms with Gasteiger partial charge in [0.1, 0.15) is 0 Å². The van der Waals surface area contributed by atoms with Crippen molar-refractivity contribution in [2.45, 2.75) is 51.2 Å². The summed E-state index contributed by atoms with van der Waals surface area (Å²) in [7, 11) is 0. The molecule has 2 rings (SSSR count). The largest absolute Gasteiger partial charge is 0.393 e. The van der Waals surface area contributed by atoms with Crippen molar-refractivity contribution in [3.63, 3.8) is 0 Å². The zero-order valence-corrected chi connectivity index (χ0v) is 11.3. The van der Waals surface area contributed by atoms with E-state index in [9.17, 15) is 18.4 Å². The number of alkyl halides is 3. The number of hydrogen-bond acceptors (Lipinski definition) is 2. The van der Waals surface area contributed by atoms with Crippen LogP contribution in [0, 0.1) is 29.1 Å². The Labute approximate surface area is 112 Å². The molecule has 1 aliphatic heterocycles. The van der Waals surface area contributed by atoms with Crippen LogP contribution in [-0.4, -0.2) is 30.2 Å². The molecule has 2 aliphatic rings. The summed E-state index contributed by atoms with van der Waals surface area (Å²) in [5, 5.41) is 9.21. The molecule has 19 heavy (non-hydrogen) atoms. The first-order valence-electron chi connectivity index (χ1n) is 7.12. The normalized spacial score (nSPS) is 37.8. The number of halogens is 3. The van der Waals surface area contributed by atoms with Crippen molar-refractivity contribution in [2.24, 2.45) is 17.8 Å². The summed E-state index contributed by atoms with van der Waals surface area (Å²) in [5.41, 5.74) is 0. The second-order valence-electron chi connectivity index (χ2n) is 6.10. The lowest BCUT2D eigenvalue weighted by atomic mass is 9.78. The third-order valence-electron chi connectivity index (χ3n) is 4.63. The number of nitrogens with zero attached hydrogens (tertiary/aromatic N) is 2. The summed E-state index contributed by atoms with van der Waals surface area (Å²) in [6.07, 6.45) is -0.558. The summed E-state index contributed by atoms with van der Waals surface area (Å²) in [6.45, 7) is 2.92. The second-order valence-corrected chi connectivity index (χ2v) is 6.10. The number of hydrogen-bond donors (Lipinski definition) is 0. The van der Waals surface area contributed by atoms with E-state index < -0.39 is 12.1 Å². The molecule has 2 nitrogen and oxygen atoms in total. The van der Waals surface area contributed by atoms with Crippen LogP contribution in [0.15, 0.2) is 0 Å². The smallest absolute Gasteiger partial charge is 0.298 e. The van der Waals surface area contributed by atoms with Gasteiger partial charge in [0.25, 0.3) is 0 Å². The zero-order chi connectivity index (χ0) is 14.0. The van der Waals surface area contributed by atoms with E-state index in [4.69, 9.17) is 0 Å². The van der Waals surface area contributed by atoms with Crippen LogP contribution in [0.4, 0.5) is 13.2 Å². The Morgan fingerprint density at radius 3 is 2.58 bits per heavy atom. The van der Waals surface area contributed by atoms with Crippen LogP contribution in [0.1, 0.15) is 39.0 Å². The van der Waals surface area contributed by atoms with Gasteiger partial charge in [-0.3, -0.25) is 4.90 Å². The molecule has 1 saturated carbocycles. The van der Waals surface area contributed by atoms with Gasteiger partial charge in [0.2, 0.25) is 0 Å². The zero-order valence-electron chi connectivity index (χ0n) is 11.3. The molecule has 0 spiro atoms. The maximum atomic E-state index is 12.8. The summed E-state index contributed by atoms with van der Waals surface area (Å²) in [6, 6.07) is 2.33. The first kappa shape index (κ1) is 14.6. The minimum atomic E-state index is -4.10. The van der Waals surface area contributed by atoms with Gasteiger partial charge in [-0.05, 0) is 44.6 Å². The van der Waals surface area contributed by atoms with E-state index in [0.717, 1.165) is 19.3 Å².